The Morgan fingerprint density at radius 2 is 1.61 bits per heavy atom. The van der Waals surface area contributed by atoms with Crippen LogP contribution in [0.1, 0.15) is 5.56 Å². The van der Waals surface area contributed by atoms with E-state index in [1.807, 2.05) is 72.9 Å². The van der Waals surface area contributed by atoms with E-state index >= 15 is 0 Å². The van der Waals surface area contributed by atoms with E-state index in [4.69, 9.17) is 21.3 Å². The molecule has 0 unspecified atom stereocenters. The molecule has 0 atom stereocenters. The van der Waals surface area contributed by atoms with Crippen molar-refractivity contribution in [1.82, 2.24) is 4.98 Å². The number of methoxy groups -OCH3 is 1. The average Bonchev–Trinajstić information content (AvgIpc) is 3.18. The fourth-order valence-electron chi connectivity index (χ4n) is 2.77. The molecule has 0 aliphatic heterocycles. The van der Waals surface area contributed by atoms with E-state index in [0.29, 0.717) is 10.2 Å². The van der Waals surface area contributed by atoms with Crippen LogP contribution in [0, 0.1) is 0 Å². The molecule has 138 valence electrons. The van der Waals surface area contributed by atoms with E-state index in [0.717, 1.165) is 33.0 Å². The number of thiazole rings is 1. The Balaban J connectivity index is 1.72. The van der Waals surface area contributed by atoms with Crippen LogP contribution in [-0.4, -0.2) is 18.3 Å². The Hall–Kier alpha value is -2.95. The number of benzene rings is 3. The summed E-state index contributed by atoms with van der Waals surface area (Å²) in [5, 5.41) is 1.41. The molecule has 0 amide bonds. The van der Waals surface area contributed by atoms with Crippen LogP contribution in [0.5, 0.6) is 5.75 Å². The highest BCUT2D eigenvalue weighted by Gasteiger charge is 2.14. The predicted molar refractivity (Wildman–Crippen MR) is 118 cm³/mol. The summed E-state index contributed by atoms with van der Waals surface area (Å²) < 4.78 is 5.19. The summed E-state index contributed by atoms with van der Waals surface area (Å²) in [6.07, 6.45) is 1.82. The number of aromatic nitrogens is 1. The number of rotatable bonds is 5. The van der Waals surface area contributed by atoms with E-state index in [9.17, 15) is 0 Å². The first kappa shape index (κ1) is 18.4. The second-order valence-corrected chi connectivity index (χ2v) is 7.49. The molecule has 0 saturated heterocycles. The van der Waals surface area contributed by atoms with Gasteiger partial charge in [-0.2, -0.15) is 0 Å². The van der Waals surface area contributed by atoms with Crippen molar-refractivity contribution in [3.05, 3.63) is 89.4 Å². The van der Waals surface area contributed by atoms with Crippen molar-refractivity contribution >= 4 is 34.3 Å². The van der Waals surface area contributed by atoms with Crippen LogP contribution < -0.4 is 4.74 Å². The zero-order valence-electron chi connectivity index (χ0n) is 15.2. The van der Waals surface area contributed by atoms with Crippen LogP contribution in [0.15, 0.2) is 83.9 Å². The predicted octanol–water partition coefficient (Wildman–Crippen LogP) is 6.89. The van der Waals surface area contributed by atoms with Gasteiger partial charge < -0.3 is 4.74 Å². The van der Waals surface area contributed by atoms with E-state index in [2.05, 4.69) is 17.1 Å². The molecule has 28 heavy (non-hydrogen) atoms. The van der Waals surface area contributed by atoms with Crippen molar-refractivity contribution < 1.29 is 4.74 Å². The van der Waals surface area contributed by atoms with Crippen LogP contribution >= 0.6 is 22.9 Å². The molecule has 0 aliphatic carbocycles. The van der Waals surface area contributed by atoms with Crippen molar-refractivity contribution in [1.29, 1.82) is 0 Å². The smallest absolute Gasteiger partial charge is 0.210 e. The first-order valence-corrected chi connectivity index (χ1v) is 9.93. The lowest BCUT2D eigenvalue weighted by Crippen LogP contribution is -1.84. The standard InChI is InChI=1S/C23H17ClN2OS/c1-27-20-13-7-16(8-14-20)15-25-23-26-21(17-9-11-19(24)12-10-17)22(28-23)18-5-3-2-4-6-18/h2-15H,1H3. The number of hydrogen-bond acceptors (Lipinski definition) is 4. The van der Waals surface area contributed by atoms with E-state index in [-0.39, 0.29) is 0 Å². The number of aliphatic imine (C=N–C) groups is 1. The Kier molecular flexibility index (Phi) is 5.51. The molecular weight excluding hydrogens is 388 g/mol. The molecule has 0 aliphatic rings. The van der Waals surface area contributed by atoms with Crippen molar-refractivity contribution in [2.75, 3.05) is 7.11 Å². The normalized spacial score (nSPS) is 11.1. The van der Waals surface area contributed by atoms with Gasteiger partial charge in [0.2, 0.25) is 5.13 Å². The zero-order chi connectivity index (χ0) is 19.3. The van der Waals surface area contributed by atoms with E-state index in [1.165, 1.54) is 0 Å². The van der Waals surface area contributed by atoms with Gasteiger partial charge in [-0.1, -0.05) is 65.4 Å². The number of hydrogen-bond donors (Lipinski definition) is 0. The minimum Gasteiger partial charge on any atom is -0.497 e. The summed E-state index contributed by atoms with van der Waals surface area (Å²) in [5.74, 6) is 0.822. The van der Waals surface area contributed by atoms with Gasteiger partial charge in [-0.05, 0) is 47.5 Å². The maximum absolute atomic E-state index is 6.05. The number of nitrogens with zero attached hydrogens (tertiary/aromatic N) is 2. The maximum atomic E-state index is 6.05. The van der Waals surface area contributed by atoms with Crippen LogP contribution in [0.2, 0.25) is 5.02 Å². The third kappa shape index (κ3) is 4.14. The fourth-order valence-corrected chi connectivity index (χ4v) is 3.84. The van der Waals surface area contributed by atoms with E-state index in [1.54, 1.807) is 18.4 Å². The fraction of sp³-hybridized carbons (Fsp3) is 0.0435. The van der Waals surface area contributed by atoms with E-state index < -0.39 is 0 Å². The van der Waals surface area contributed by atoms with Crippen LogP contribution in [0.4, 0.5) is 5.13 Å². The molecule has 1 heterocycles. The lowest BCUT2D eigenvalue weighted by atomic mass is 10.1. The largest absolute Gasteiger partial charge is 0.497 e. The Morgan fingerprint density at radius 1 is 0.893 bits per heavy atom. The second kappa shape index (κ2) is 8.38. The Morgan fingerprint density at radius 3 is 2.29 bits per heavy atom. The topological polar surface area (TPSA) is 34.5 Å². The molecule has 5 heteroatoms. The minimum atomic E-state index is 0.706. The first-order valence-electron chi connectivity index (χ1n) is 8.73. The molecule has 0 fully saturated rings. The Bertz CT molecular complexity index is 1090. The third-order valence-corrected chi connectivity index (χ3v) is 5.47. The van der Waals surface area contributed by atoms with Gasteiger partial charge in [-0.15, -0.1) is 0 Å². The van der Waals surface area contributed by atoms with Crippen LogP contribution in [0.25, 0.3) is 21.7 Å². The van der Waals surface area contributed by atoms with Crippen LogP contribution in [0.3, 0.4) is 0 Å². The van der Waals surface area contributed by atoms with Crippen molar-refractivity contribution in [3.63, 3.8) is 0 Å². The highest BCUT2D eigenvalue weighted by molar-refractivity contribution is 7.19. The molecule has 4 rings (SSSR count). The summed E-state index contributed by atoms with van der Waals surface area (Å²) in [6, 6.07) is 25.7. The first-order chi connectivity index (χ1) is 13.7. The lowest BCUT2D eigenvalue weighted by Gasteiger charge is -2.02. The van der Waals surface area contributed by atoms with Gasteiger partial charge in [-0.3, -0.25) is 0 Å². The molecule has 0 saturated carbocycles. The SMILES string of the molecule is COc1ccc(C=Nc2nc(-c3ccc(Cl)cc3)c(-c3ccccc3)s2)cc1. The summed E-state index contributed by atoms with van der Waals surface area (Å²) >= 11 is 7.62. The second-order valence-electron chi connectivity index (χ2n) is 6.08. The molecule has 0 radical (unpaired) electrons. The molecule has 0 spiro atoms. The molecule has 1 aromatic heterocycles. The Labute approximate surface area is 173 Å². The van der Waals surface area contributed by atoms with Crippen molar-refractivity contribution in [2.24, 2.45) is 4.99 Å². The van der Waals surface area contributed by atoms with Gasteiger partial charge in [-0.25, -0.2) is 9.98 Å². The van der Waals surface area contributed by atoms with Gasteiger partial charge in [0.05, 0.1) is 17.7 Å². The van der Waals surface area contributed by atoms with Crippen LogP contribution in [-0.2, 0) is 0 Å². The zero-order valence-corrected chi connectivity index (χ0v) is 16.7. The summed E-state index contributed by atoms with van der Waals surface area (Å²) in [4.78, 5) is 10.5. The molecule has 3 nitrogen and oxygen atoms in total. The van der Waals surface area contributed by atoms with Crippen molar-refractivity contribution in [2.45, 2.75) is 0 Å². The van der Waals surface area contributed by atoms with Gasteiger partial charge in [0.25, 0.3) is 0 Å². The number of halogens is 1. The summed E-state index contributed by atoms with van der Waals surface area (Å²) in [6.45, 7) is 0. The molecular formula is C23H17ClN2OS. The number of ether oxygens (including phenoxy) is 1. The molecule has 3 aromatic carbocycles. The third-order valence-electron chi connectivity index (χ3n) is 4.21. The summed E-state index contributed by atoms with van der Waals surface area (Å²) in [5.41, 5.74) is 4.04. The quantitative estimate of drug-likeness (QED) is 0.339. The maximum Gasteiger partial charge on any atom is 0.210 e. The van der Waals surface area contributed by atoms with Gasteiger partial charge in [0.15, 0.2) is 0 Å². The minimum absolute atomic E-state index is 0.706. The molecule has 4 aromatic rings. The summed E-state index contributed by atoms with van der Waals surface area (Å²) in [7, 11) is 1.65. The van der Waals surface area contributed by atoms with Gasteiger partial charge >= 0.3 is 0 Å². The highest BCUT2D eigenvalue weighted by atomic mass is 35.5. The van der Waals surface area contributed by atoms with Crippen molar-refractivity contribution in [3.8, 4) is 27.4 Å². The lowest BCUT2D eigenvalue weighted by molar-refractivity contribution is 0.415. The monoisotopic (exact) mass is 404 g/mol. The van der Waals surface area contributed by atoms with Gasteiger partial charge in [0, 0.05) is 16.8 Å². The molecule has 0 N–H and O–H groups in total. The van der Waals surface area contributed by atoms with Gasteiger partial charge in [0.1, 0.15) is 5.75 Å². The molecule has 0 bridgehead atoms. The highest BCUT2D eigenvalue weighted by Crippen LogP contribution is 2.40. The average molecular weight is 405 g/mol.